The van der Waals surface area contributed by atoms with Gasteiger partial charge in [-0.2, -0.15) is 0 Å². The van der Waals surface area contributed by atoms with Crippen LogP contribution in [0, 0.1) is 0 Å². The van der Waals surface area contributed by atoms with E-state index >= 15 is 0 Å². The van der Waals surface area contributed by atoms with E-state index in [9.17, 15) is 14.7 Å². The maximum Gasteiger partial charge on any atom is 0.408 e. The predicted octanol–water partition coefficient (Wildman–Crippen LogP) is 2.87. The van der Waals surface area contributed by atoms with Gasteiger partial charge in [0, 0.05) is 11.6 Å². The molecule has 6 nitrogen and oxygen atoms in total. The molecule has 6 heteroatoms. The lowest BCUT2D eigenvalue weighted by Crippen LogP contribution is -2.44. The van der Waals surface area contributed by atoms with E-state index in [0.717, 1.165) is 6.42 Å². The molecule has 0 radical (unpaired) electrons. The number of carbonyl (C=O) groups excluding carboxylic acids is 2. The number of hydrogen-bond donors (Lipinski definition) is 3. The molecular weight excluding hydrogens is 296 g/mol. The highest BCUT2D eigenvalue weighted by molar-refractivity contribution is 5.87. The van der Waals surface area contributed by atoms with Crippen molar-refractivity contribution in [2.24, 2.45) is 0 Å². The molecule has 0 saturated heterocycles. The Morgan fingerprint density at radius 2 is 1.83 bits per heavy atom. The first-order valence-corrected chi connectivity index (χ1v) is 7.71. The summed E-state index contributed by atoms with van der Waals surface area (Å²) in [5, 5.41) is 15.3. The molecule has 23 heavy (non-hydrogen) atoms. The number of hydrogen-bond acceptors (Lipinski definition) is 4. The van der Waals surface area contributed by atoms with Crippen LogP contribution < -0.4 is 10.6 Å². The molecule has 0 aromatic heterocycles. The van der Waals surface area contributed by atoms with Gasteiger partial charge in [0.15, 0.2) is 0 Å². The second-order valence-corrected chi connectivity index (χ2v) is 6.46. The van der Waals surface area contributed by atoms with Gasteiger partial charge in [0.1, 0.15) is 17.4 Å². The Kier molecular flexibility index (Phi) is 6.42. The van der Waals surface area contributed by atoms with Crippen molar-refractivity contribution in [2.75, 3.05) is 0 Å². The van der Waals surface area contributed by atoms with Crippen molar-refractivity contribution >= 4 is 12.0 Å². The molecule has 0 spiro atoms. The van der Waals surface area contributed by atoms with Crippen molar-refractivity contribution < 1.29 is 19.4 Å². The standard InChI is InChI=1S/C17H26N2O4/c1-6-11(2)18-15(21)14(12-9-7-8-10-13(12)20)19-16(22)23-17(3,4)5/h7-11,14,20H,6H2,1-5H3,(H,18,21)(H,19,22)/t11-,14-/m0/s1. The molecule has 0 aliphatic carbocycles. The second-order valence-electron chi connectivity index (χ2n) is 6.46. The zero-order valence-electron chi connectivity index (χ0n) is 14.3. The van der Waals surface area contributed by atoms with Gasteiger partial charge in [0.25, 0.3) is 0 Å². The largest absolute Gasteiger partial charge is 0.508 e. The van der Waals surface area contributed by atoms with Gasteiger partial charge in [-0.1, -0.05) is 25.1 Å². The van der Waals surface area contributed by atoms with E-state index in [4.69, 9.17) is 4.74 Å². The molecule has 0 fully saturated rings. The van der Waals surface area contributed by atoms with E-state index in [0.29, 0.717) is 5.56 Å². The van der Waals surface area contributed by atoms with E-state index < -0.39 is 23.6 Å². The van der Waals surface area contributed by atoms with Gasteiger partial charge in [-0.25, -0.2) is 4.79 Å². The first-order valence-electron chi connectivity index (χ1n) is 7.71. The molecule has 1 rings (SSSR count). The molecule has 128 valence electrons. The highest BCUT2D eigenvalue weighted by Gasteiger charge is 2.28. The lowest BCUT2D eigenvalue weighted by atomic mass is 10.0. The zero-order chi connectivity index (χ0) is 17.6. The van der Waals surface area contributed by atoms with Crippen molar-refractivity contribution in [3.05, 3.63) is 29.8 Å². The molecule has 0 aliphatic rings. The van der Waals surface area contributed by atoms with Gasteiger partial charge < -0.3 is 20.5 Å². The maximum atomic E-state index is 12.5. The van der Waals surface area contributed by atoms with Crippen LogP contribution in [0.25, 0.3) is 0 Å². The zero-order valence-corrected chi connectivity index (χ0v) is 14.3. The first-order chi connectivity index (χ1) is 10.6. The van der Waals surface area contributed by atoms with Gasteiger partial charge in [-0.15, -0.1) is 0 Å². The molecule has 0 saturated carbocycles. The number of para-hydroxylation sites is 1. The fraction of sp³-hybridized carbons (Fsp3) is 0.529. The third-order valence-electron chi connectivity index (χ3n) is 3.17. The predicted molar refractivity (Wildman–Crippen MR) is 88.1 cm³/mol. The summed E-state index contributed by atoms with van der Waals surface area (Å²) in [4.78, 5) is 24.5. The molecule has 0 aliphatic heterocycles. The third kappa shape index (κ3) is 6.18. The van der Waals surface area contributed by atoms with Gasteiger partial charge in [0.2, 0.25) is 5.91 Å². The number of amides is 2. The molecule has 0 bridgehead atoms. The summed E-state index contributed by atoms with van der Waals surface area (Å²) < 4.78 is 5.20. The molecule has 3 N–H and O–H groups in total. The summed E-state index contributed by atoms with van der Waals surface area (Å²) >= 11 is 0. The molecular formula is C17H26N2O4. The fourth-order valence-corrected chi connectivity index (χ4v) is 1.87. The lowest BCUT2D eigenvalue weighted by molar-refractivity contribution is -0.124. The van der Waals surface area contributed by atoms with Crippen molar-refractivity contribution in [3.63, 3.8) is 0 Å². The quantitative estimate of drug-likeness (QED) is 0.778. The third-order valence-corrected chi connectivity index (χ3v) is 3.17. The fourth-order valence-electron chi connectivity index (χ4n) is 1.87. The summed E-state index contributed by atoms with van der Waals surface area (Å²) in [7, 11) is 0. The van der Waals surface area contributed by atoms with Crippen LogP contribution in [-0.2, 0) is 9.53 Å². The number of phenolic OH excluding ortho intramolecular Hbond substituents is 1. The van der Waals surface area contributed by atoms with Crippen LogP contribution in [0.1, 0.15) is 52.6 Å². The SMILES string of the molecule is CC[C@H](C)NC(=O)[C@@H](NC(=O)OC(C)(C)C)c1ccccc1O. The van der Waals surface area contributed by atoms with Crippen LogP contribution in [-0.4, -0.2) is 28.7 Å². The van der Waals surface area contributed by atoms with Gasteiger partial charge in [0.05, 0.1) is 0 Å². The topological polar surface area (TPSA) is 87.7 Å². The van der Waals surface area contributed by atoms with E-state index in [-0.39, 0.29) is 11.8 Å². The monoisotopic (exact) mass is 322 g/mol. The summed E-state index contributed by atoms with van der Waals surface area (Å²) in [5.41, 5.74) is -0.361. The smallest absolute Gasteiger partial charge is 0.408 e. The summed E-state index contributed by atoms with van der Waals surface area (Å²) in [6.07, 6.45) is 0.0381. The normalized spacial score (nSPS) is 13.8. The van der Waals surface area contributed by atoms with E-state index in [1.807, 2.05) is 13.8 Å². The van der Waals surface area contributed by atoms with Gasteiger partial charge >= 0.3 is 6.09 Å². The maximum absolute atomic E-state index is 12.5. The number of ether oxygens (including phenoxy) is 1. The van der Waals surface area contributed by atoms with E-state index in [1.54, 1.807) is 39.0 Å². The molecule has 2 atom stereocenters. The van der Waals surface area contributed by atoms with Gasteiger partial charge in [-0.05, 0) is 40.2 Å². The second kappa shape index (κ2) is 7.85. The Hall–Kier alpha value is -2.24. The van der Waals surface area contributed by atoms with Crippen molar-refractivity contribution in [1.29, 1.82) is 0 Å². The minimum atomic E-state index is -1.03. The number of aromatic hydroxyl groups is 1. The van der Waals surface area contributed by atoms with Gasteiger partial charge in [-0.3, -0.25) is 4.79 Å². The number of benzene rings is 1. The number of alkyl carbamates (subject to hydrolysis) is 1. The number of phenols is 1. The van der Waals surface area contributed by atoms with Crippen molar-refractivity contribution in [1.82, 2.24) is 10.6 Å². The van der Waals surface area contributed by atoms with Crippen molar-refractivity contribution in [3.8, 4) is 5.75 Å². The highest BCUT2D eigenvalue weighted by atomic mass is 16.6. The van der Waals surface area contributed by atoms with Crippen LogP contribution in [0.5, 0.6) is 5.75 Å². The molecule has 1 aromatic rings. The number of rotatable bonds is 5. The Bertz CT molecular complexity index is 552. The van der Waals surface area contributed by atoms with Crippen LogP contribution in [0.4, 0.5) is 4.79 Å². The summed E-state index contributed by atoms with van der Waals surface area (Å²) in [6.45, 7) is 9.02. The molecule has 0 heterocycles. The number of carbonyl (C=O) groups is 2. The summed E-state index contributed by atoms with van der Waals surface area (Å²) in [6, 6.07) is 5.32. The average Bonchev–Trinajstić information content (AvgIpc) is 2.43. The first kappa shape index (κ1) is 18.8. The molecule has 0 unspecified atom stereocenters. The Labute approximate surface area is 137 Å². The Balaban J connectivity index is 3.00. The highest BCUT2D eigenvalue weighted by Crippen LogP contribution is 2.24. The van der Waals surface area contributed by atoms with Crippen LogP contribution >= 0.6 is 0 Å². The van der Waals surface area contributed by atoms with E-state index in [2.05, 4.69) is 10.6 Å². The average molecular weight is 322 g/mol. The summed E-state index contributed by atoms with van der Waals surface area (Å²) in [5.74, 6) is -0.459. The van der Waals surface area contributed by atoms with Crippen LogP contribution in [0.2, 0.25) is 0 Å². The van der Waals surface area contributed by atoms with Crippen molar-refractivity contribution in [2.45, 2.75) is 58.7 Å². The molecule has 2 amide bonds. The minimum Gasteiger partial charge on any atom is -0.508 e. The number of nitrogens with one attached hydrogen (secondary N) is 2. The Morgan fingerprint density at radius 3 is 2.35 bits per heavy atom. The Morgan fingerprint density at radius 1 is 1.22 bits per heavy atom. The van der Waals surface area contributed by atoms with E-state index in [1.165, 1.54) is 6.07 Å². The lowest BCUT2D eigenvalue weighted by Gasteiger charge is -2.25. The minimum absolute atomic E-state index is 0.0451. The van der Waals surface area contributed by atoms with Crippen LogP contribution in [0.15, 0.2) is 24.3 Å². The van der Waals surface area contributed by atoms with Crippen LogP contribution in [0.3, 0.4) is 0 Å². The molecule has 1 aromatic carbocycles.